The SMILES string of the molecule is Cc1nn(CCCNC(=O)c2ccco2)c(C)c1Cl. The minimum Gasteiger partial charge on any atom is -0.459 e. The molecule has 0 aromatic carbocycles. The first-order valence-corrected chi connectivity index (χ1v) is 6.48. The van der Waals surface area contributed by atoms with E-state index >= 15 is 0 Å². The number of rotatable bonds is 5. The van der Waals surface area contributed by atoms with Crippen molar-refractivity contribution in [2.75, 3.05) is 6.54 Å². The fourth-order valence-electron chi connectivity index (χ4n) is 1.82. The van der Waals surface area contributed by atoms with Crippen LogP contribution < -0.4 is 5.32 Å². The summed E-state index contributed by atoms with van der Waals surface area (Å²) in [7, 11) is 0. The first kappa shape index (κ1) is 13.7. The second-order valence-electron chi connectivity index (χ2n) is 4.29. The van der Waals surface area contributed by atoms with Gasteiger partial charge >= 0.3 is 0 Å². The number of hydrogen-bond acceptors (Lipinski definition) is 3. The van der Waals surface area contributed by atoms with Crippen LogP contribution >= 0.6 is 11.6 Å². The van der Waals surface area contributed by atoms with Gasteiger partial charge in [0.15, 0.2) is 5.76 Å². The quantitative estimate of drug-likeness (QED) is 0.857. The summed E-state index contributed by atoms with van der Waals surface area (Å²) in [6.07, 6.45) is 2.26. The van der Waals surface area contributed by atoms with Crippen LogP contribution in [0.1, 0.15) is 28.4 Å². The van der Waals surface area contributed by atoms with E-state index in [4.69, 9.17) is 16.0 Å². The van der Waals surface area contributed by atoms with Gasteiger partial charge in [-0.15, -0.1) is 0 Å². The standard InChI is InChI=1S/C13H16ClN3O2/c1-9-12(14)10(2)17(16-9)7-4-6-15-13(18)11-5-3-8-19-11/h3,5,8H,4,6-7H2,1-2H3,(H,15,18). The van der Waals surface area contributed by atoms with E-state index < -0.39 is 0 Å². The number of furan rings is 1. The zero-order valence-electron chi connectivity index (χ0n) is 10.9. The highest BCUT2D eigenvalue weighted by molar-refractivity contribution is 6.31. The molecule has 2 heterocycles. The van der Waals surface area contributed by atoms with Crippen LogP contribution in [0.3, 0.4) is 0 Å². The van der Waals surface area contributed by atoms with Crippen molar-refractivity contribution in [1.29, 1.82) is 0 Å². The van der Waals surface area contributed by atoms with E-state index in [-0.39, 0.29) is 5.91 Å². The average molecular weight is 282 g/mol. The Kier molecular flexibility index (Phi) is 4.27. The van der Waals surface area contributed by atoms with Crippen molar-refractivity contribution in [1.82, 2.24) is 15.1 Å². The third kappa shape index (κ3) is 3.17. The van der Waals surface area contributed by atoms with E-state index in [0.29, 0.717) is 17.3 Å². The normalized spacial score (nSPS) is 10.7. The lowest BCUT2D eigenvalue weighted by atomic mass is 10.3. The lowest BCUT2D eigenvalue weighted by Crippen LogP contribution is -2.25. The Bertz CT molecular complexity index is 561. The van der Waals surface area contributed by atoms with Crippen molar-refractivity contribution in [3.63, 3.8) is 0 Å². The molecule has 0 bridgehead atoms. The summed E-state index contributed by atoms with van der Waals surface area (Å²) < 4.78 is 6.86. The molecule has 1 amide bonds. The van der Waals surface area contributed by atoms with Gasteiger partial charge in [0.2, 0.25) is 0 Å². The van der Waals surface area contributed by atoms with Gasteiger partial charge in [0.1, 0.15) is 0 Å². The van der Waals surface area contributed by atoms with Crippen LogP contribution in [0.2, 0.25) is 5.02 Å². The summed E-state index contributed by atoms with van der Waals surface area (Å²) in [5.41, 5.74) is 1.79. The van der Waals surface area contributed by atoms with E-state index in [0.717, 1.165) is 24.4 Å². The molecule has 1 N–H and O–H groups in total. The number of aryl methyl sites for hydroxylation is 2. The molecule has 0 spiro atoms. The minimum atomic E-state index is -0.198. The summed E-state index contributed by atoms with van der Waals surface area (Å²) in [4.78, 5) is 11.6. The maximum Gasteiger partial charge on any atom is 0.286 e. The number of carbonyl (C=O) groups is 1. The van der Waals surface area contributed by atoms with Gasteiger partial charge in [0, 0.05) is 13.1 Å². The monoisotopic (exact) mass is 281 g/mol. The van der Waals surface area contributed by atoms with E-state index in [1.807, 2.05) is 18.5 Å². The largest absolute Gasteiger partial charge is 0.459 e. The molecule has 0 saturated carbocycles. The number of halogens is 1. The van der Waals surface area contributed by atoms with Gasteiger partial charge in [-0.3, -0.25) is 9.48 Å². The molecular formula is C13H16ClN3O2. The van der Waals surface area contributed by atoms with Gasteiger partial charge < -0.3 is 9.73 Å². The molecule has 19 heavy (non-hydrogen) atoms. The van der Waals surface area contributed by atoms with E-state index in [1.54, 1.807) is 12.1 Å². The van der Waals surface area contributed by atoms with Gasteiger partial charge in [-0.25, -0.2) is 0 Å². The Morgan fingerprint density at radius 3 is 2.89 bits per heavy atom. The molecule has 0 aliphatic heterocycles. The van der Waals surface area contributed by atoms with Crippen molar-refractivity contribution in [2.45, 2.75) is 26.8 Å². The highest BCUT2D eigenvalue weighted by Crippen LogP contribution is 2.18. The second-order valence-corrected chi connectivity index (χ2v) is 4.67. The van der Waals surface area contributed by atoms with Crippen molar-refractivity contribution < 1.29 is 9.21 Å². The van der Waals surface area contributed by atoms with Crippen molar-refractivity contribution in [3.05, 3.63) is 40.6 Å². The average Bonchev–Trinajstić information content (AvgIpc) is 3.00. The third-order valence-corrected chi connectivity index (χ3v) is 3.42. The maximum atomic E-state index is 11.6. The van der Waals surface area contributed by atoms with Crippen molar-refractivity contribution in [2.24, 2.45) is 0 Å². The van der Waals surface area contributed by atoms with Crippen molar-refractivity contribution >= 4 is 17.5 Å². The van der Waals surface area contributed by atoms with E-state index in [9.17, 15) is 4.79 Å². The molecule has 102 valence electrons. The second kappa shape index (κ2) is 5.93. The van der Waals surface area contributed by atoms with Gasteiger partial charge in [-0.1, -0.05) is 11.6 Å². The van der Waals surface area contributed by atoms with Crippen LogP contribution in [-0.4, -0.2) is 22.2 Å². The number of amides is 1. The molecule has 0 radical (unpaired) electrons. The molecule has 6 heteroatoms. The first-order chi connectivity index (χ1) is 9.09. The van der Waals surface area contributed by atoms with E-state index in [2.05, 4.69) is 10.4 Å². The van der Waals surface area contributed by atoms with Gasteiger partial charge in [0.25, 0.3) is 5.91 Å². The Labute approximate surface area is 116 Å². The molecular weight excluding hydrogens is 266 g/mol. The Morgan fingerprint density at radius 2 is 2.32 bits per heavy atom. The third-order valence-electron chi connectivity index (χ3n) is 2.87. The fraction of sp³-hybridized carbons (Fsp3) is 0.385. The molecule has 5 nitrogen and oxygen atoms in total. The number of hydrogen-bond donors (Lipinski definition) is 1. The summed E-state index contributed by atoms with van der Waals surface area (Å²) in [5.74, 6) is 0.130. The number of nitrogens with one attached hydrogen (secondary N) is 1. The molecule has 0 saturated heterocycles. The zero-order chi connectivity index (χ0) is 13.8. The van der Waals surface area contributed by atoms with Crippen LogP contribution in [-0.2, 0) is 6.54 Å². The predicted octanol–water partition coefficient (Wildman–Crippen LogP) is 2.57. The molecule has 2 aromatic rings. The van der Waals surface area contributed by atoms with E-state index in [1.165, 1.54) is 6.26 Å². The smallest absolute Gasteiger partial charge is 0.286 e. The summed E-state index contributed by atoms with van der Waals surface area (Å²) in [6.45, 7) is 5.10. The highest BCUT2D eigenvalue weighted by atomic mass is 35.5. The Hall–Kier alpha value is -1.75. The maximum absolute atomic E-state index is 11.6. The van der Waals surface area contributed by atoms with Gasteiger partial charge in [-0.05, 0) is 32.4 Å². The Balaban J connectivity index is 1.78. The predicted molar refractivity (Wildman–Crippen MR) is 72.4 cm³/mol. The van der Waals surface area contributed by atoms with Crippen LogP contribution in [0.4, 0.5) is 0 Å². The Morgan fingerprint density at radius 1 is 1.53 bits per heavy atom. The van der Waals surface area contributed by atoms with Gasteiger partial charge in [0.05, 0.1) is 22.7 Å². The number of carbonyl (C=O) groups excluding carboxylic acids is 1. The van der Waals surface area contributed by atoms with Crippen molar-refractivity contribution in [3.8, 4) is 0 Å². The van der Waals surface area contributed by atoms with Crippen LogP contribution in [0.15, 0.2) is 22.8 Å². The number of nitrogens with zero attached hydrogens (tertiary/aromatic N) is 2. The molecule has 0 aliphatic rings. The minimum absolute atomic E-state index is 0.198. The van der Waals surface area contributed by atoms with Crippen LogP contribution in [0.5, 0.6) is 0 Å². The molecule has 0 fully saturated rings. The lowest BCUT2D eigenvalue weighted by molar-refractivity contribution is 0.0925. The highest BCUT2D eigenvalue weighted by Gasteiger charge is 2.09. The van der Waals surface area contributed by atoms with Gasteiger partial charge in [-0.2, -0.15) is 5.10 Å². The first-order valence-electron chi connectivity index (χ1n) is 6.11. The summed E-state index contributed by atoms with van der Waals surface area (Å²) >= 11 is 6.06. The molecule has 2 aromatic heterocycles. The van der Waals surface area contributed by atoms with Crippen LogP contribution in [0, 0.1) is 13.8 Å². The van der Waals surface area contributed by atoms with Crippen LogP contribution in [0.25, 0.3) is 0 Å². The molecule has 0 aliphatic carbocycles. The molecule has 0 unspecified atom stereocenters. The molecule has 2 rings (SSSR count). The number of aromatic nitrogens is 2. The lowest BCUT2D eigenvalue weighted by Gasteiger charge is -2.05. The molecule has 0 atom stereocenters. The fourth-order valence-corrected chi connectivity index (χ4v) is 1.95. The zero-order valence-corrected chi connectivity index (χ0v) is 11.7. The summed E-state index contributed by atoms with van der Waals surface area (Å²) in [6, 6.07) is 3.32. The topological polar surface area (TPSA) is 60.1 Å². The summed E-state index contributed by atoms with van der Waals surface area (Å²) in [5, 5.41) is 7.83.